The second-order valence-corrected chi connectivity index (χ2v) is 8.05. The van der Waals surface area contributed by atoms with Crippen LogP contribution in [0.1, 0.15) is 37.4 Å². The molecule has 0 aliphatic heterocycles. The van der Waals surface area contributed by atoms with Gasteiger partial charge in [0.05, 0.1) is 23.3 Å². The second kappa shape index (κ2) is 8.23. The molecule has 1 unspecified atom stereocenters. The first-order valence-corrected chi connectivity index (χ1v) is 9.54. The summed E-state index contributed by atoms with van der Waals surface area (Å²) in [5.41, 5.74) is -2.97. The third kappa shape index (κ3) is 5.82. The maximum absolute atomic E-state index is 14.0. The molecule has 31 heavy (non-hydrogen) atoms. The van der Waals surface area contributed by atoms with Crippen LogP contribution in [0, 0.1) is 11.6 Å². The molecule has 2 aromatic rings. The Morgan fingerprint density at radius 1 is 1.26 bits per heavy atom. The van der Waals surface area contributed by atoms with Gasteiger partial charge in [0.2, 0.25) is 11.8 Å². The highest BCUT2D eigenvalue weighted by Gasteiger charge is 2.48. The fraction of sp³-hybridized carbons (Fsp3) is 0.400. The van der Waals surface area contributed by atoms with Crippen molar-refractivity contribution in [3.63, 3.8) is 0 Å². The number of halogens is 6. The Morgan fingerprint density at radius 3 is 2.52 bits per heavy atom. The highest BCUT2D eigenvalue weighted by Crippen LogP contribution is 2.46. The maximum Gasteiger partial charge on any atom is 0.422 e. The number of ether oxygens (including phenoxy) is 1. The zero-order chi connectivity index (χ0) is 23.0. The SMILES string of the molecule is CC(O)(CC(=O)NC1(c2cc(Cl)cc(OCC(F)(F)F)n2)CC1)c1ccc(F)cc1F. The summed E-state index contributed by atoms with van der Waals surface area (Å²) in [4.78, 5) is 16.6. The largest absolute Gasteiger partial charge is 0.468 e. The van der Waals surface area contributed by atoms with Crippen molar-refractivity contribution in [3.05, 3.63) is 58.2 Å². The van der Waals surface area contributed by atoms with Crippen LogP contribution >= 0.6 is 11.6 Å². The fourth-order valence-electron chi connectivity index (χ4n) is 3.16. The Kier molecular flexibility index (Phi) is 6.16. The zero-order valence-electron chi connectivity index (χ0n) is 16.2. The van der Waals surface area contributed by atoms with Gasteiger partial charge in [0.1, 0.15) is 11.6 Å². The van der Waals surface area contributed by atoms with Crippen molar-refractivity contribution in [3.8, 4) is 5.88 Å². The molecule has 0 bridgehead atoms. The minimum Gasteiger partial charge on any atom is -0.468 e. The van der Waals surface area contributed by atoms with Crippen LogP contribution < -0.4 is 10.1 Å². The van der Waals surface area contributed by atoms with Gasteiger partial charge in [0, 0.05) is 22.7 Å². The van der Waals surface area contributed by atoms with E-state index in [1.807, 2.05) is 0 Å². The lowest BCUT2D eigenvalue weighted by atomic mass is 9.91. The van der Waals surface area contributed by atoms with Gasteiger partial charge in [-0.1, -0.05) is 17.7 Å². The molecule has 3 rings (SSSR count). The number of pyridine rings is 1. The van der Waals surface area contributed by atoms with E-state index in [1.165, 1.54) is 13.0 Å². The van der Waals surface area contributed by atoms with E-state index in [-0.39, 0.29) is 22.2 Å². The Labute approximate surface area is 179 Å². The normalized spacial score (nSPS) is 17.0. The summed E-state index contributed by atoms with van der Waals surface area (Å²) in [5.74, 6) is -2.83. The van der Waals surface area contributed by atoms with E-state index in [0.29, 0.717) is 18.9 Å². The Bertz CT molecular complexity index is 993. The number of benzene rings is 1. The molecule has 1 heterocycles. The molecular weight excluding hydrogens is 447 g/mol. The topological polar surface area (TPSA) is 71.5 Å². The van der Waals surface area contributed by atoms with E-state index in [2.05, 4.69) is 15.0 Å². The molecule has 11 heteroatoms. The summed E-state index contributed by atoms with van der Waals surface area (Å²) >= 11 is 5.96. The van der Waals surface area contributed by atoms with E-state index in [9.17, 15) is 31.9 Å². The molecule has 1 aliphatic carbocycles. The van der Waals surface area contributed by atoms with Crippen LogP contribution in [0.2, 0.25) is 5.02 Å². The minimum atomic E-state index is -4.56. The molecule has 1 saturated carbocycles. The second-order valence-electron chi connectivity index (χ2n) is 7.62. The van der Waals surface area contributed by atoms with Crippen LogP contribution in [-0.4, -0.2) is 28.8 Å². The summed E-state index contributed by atoms with van der Waals surface area (Å²) in [6.45, 7) is -0.339. The molecule has 2 N–H and O–H groups in total. The van der Waals surface area contributed by atoms with E-state index < -0.39 is 47.9 Å². The standard InChI is InChI=1S/C20H18ClF5N2O3/c1-18(30,13-3-2-12(22)8-14(13)23)9-16(29)28-19(4-5-19)15-6-11(21)7-17(27-15)31-10-20(24,25)26/h2-3,6-8,30H,4-5,9-10H2,1H3,(H,28,29). The monoisotopic (exact) mass is 464 g/mol. The van der Waals surface area contributed by atoms with Crippen LogP contribution in [-0.2, 0) is 15.9 Å². The number of nitrogens with one attached hydrogen (secondary N) is 1. The van der Waals surface area contributed by atoms with E-state index in [4.69, 9.17) is 11.6 Å². The van der Waals surface area contributed by atoms with Crippen molar-refractivity contribution < 1.29 is 36.6 Å². The van der Waals surface area contributed by atoms with Gasteiger partial charge in [-0.25, -0.2) is 13.8 Å². The first-order valence-electron chi connectivity index (χ1n) is 9.16. The van der Waals surface area contributed by atoms with Gasteiger partial charge in [-0.05, 0) is 31.9 Å². The van der Waals surface area contributed by atoms with Gasteiger partial charge in [0.15, 0.2) is 6.61 Å². The molecular formula is C20H18ClF5N2O3. The number of hydrogen-bond donors (Lipinski definition) is 2. The Morgan fingerprint density at radius 2 is 1.94 bits per heavy atom. The number of amides is 1. The van der Waals surface area contributed by atoms with Crippen molar-refractivity contribution in [2.45, 2.75) is 43.5 Å². The van der Waals surface area contributed by atoms with Crippen LogP contribution in [0.15, 0.2) is 30.3 Å². The van der Waals surface area contributed by atoms with Crippen molar-refractivity contribution >= 4 is 17.5 Å². The number of rotatable bonds is 7. The molecule has 1 atom stereocenters. The van der Waals surface area contributed by atoms with Crippen LogP contribution in [0.3, 0.4) is 0 Å². The maximum atomic E-state index is 14.0. The predicted octanol–water partition coefficient (Wildman–Crippen LogP) is 4.36. The highest BCUT2D eigenvalue weighted by molar-refractivity contribution is 6.30. The lowest BCUT2D eigenvalue weighted by Crippen LogP contribution is -2.39. The third-order valence-corrected chi connectivity index (χ3v) is 5.00. The number of aliphatic hydroxyl groups is 1. The molecule has 1 aromatic carbocycles. The third-order valence-electron chi connectivity index (χ3n) is 4.79. The van der Waals surface area contributed by atoms with Crippen LogP contribution in [0.5, 0.6) is 5.88 Å². The quantitative estimate of drug-likeness (QED) is 0.597. The van der Waals surface area contributed by atoms with E-state index >= 15 is 0 Å². The lowest BCUT2D eigenvalue weighted by Gasteiger charge is -2.26. The van der Waals surface area contributed by atoms with E-state index in [0.717, 1.165) is 18.2 Å². The number of aromatic nitrogens is 1. The number of carbonyl (C=O) groups excluding carboxylic acids is 1. The number of nitrogens with zero attached hydrogens (tertiary/aromatic N) is 1. The lowest BCUT2D eigenvalue weighted by molar-refractivity contribution is -0.154. The Balaban J connectivity index is 1.73. The molecule has 5 nitrogen and oxygen atoms in total. The summed E-state index contributed by atoms with van der Waals surface area (Å²) in [7, 11) is 0. The first kappa shape index (κ1) is 23.2. The van der Waals surface area contributed by atoms with E-state index in [1.54, 1.807) is 0 Å². The van der Waals surface area contributed by atoms with Gasteiger partial charge in [-0.15, -0.1) is 0 Å². The van der Waals surface area contributed by atoms with Gasteiger partial charge in [-0.2, -0.15) is 13.2 Å². The molecule has 168 valence electrons. The summed E-state index contributed by atoms with van der Waals surface area (Å²) < 4.78 is 68.9. The number of hydrogen-bond acceptors (Lipinski definition) is 4. The summed E-state index contributed by atoms with van der Waals surface area (Å²) in [6, 6.07) is 5.13. The number of alkyl halides is 3. The van der Waals surface area contributed by atoms with Crippen LogP contribution in [0.4, 0.5) is 22.0 Å². The van der Waals surface area contributed by atoms with Gasteiger partial charge in [0.25, 0.3) is 0 Å². The van der Waals surface area contributed by atoms with Crippen molar-refractivity contribution in [1.82, 2.24) is 10.3 Å². The summed E-state index contributed by atoms with van der Waals surface area (Å²) in [5, 5.41) is 13.3. The average Bonchev–Trinajstić information content (AvgIpc) is 3.38. The molecule has 0 saturated heterocycles. The number of carbonyl (C=O) groups is 1. The fourth-order valence-corrected chi connectivity index (χ4v) is 3.36. The average molecular weight is 465 g/mol. The minimum absolute atomic E-state index is 0.0723. The molecule has 0 radical (unpaired) electrons. The van der Waals surface area contributed by atoms with Gasteiger partial charge in [-0.3, -0.25) is 4.79 Å². The summed E-state index contributed by atoms with van der Waals surface area (Å²) in [6.07, 6.45) is -4.25. The van der Waals surface area contributed by atoms with Crippen molar-refractivity contribution in [2.75, 3.05) is 6.61 Å². The van der Waals surface area contributed by atoms with Gasteiger partial charge < -0.3 is 15.2 Å². The highest BCUT2D eigenvalue weighted by atomic mass is 35.5. The van der Waals surface area contributed by atoms with Gasteiger partial charge >= 0.3 is 6.18 Å². The Hall–Kier alpha value is -2.46. The van der Waals surface area contributed by atoms with Crippen molar-refractivity contribution in [2.24, 2.45) is 0 Å². The van der Waals surface area contributed by atoms with Crippen molar-refractivity contribution in [1.29, 1.82) is 0 Å². The zero-order valence-corrected chi connectivity index (χ0v) is 16.9. The molecule has 1 amide bonds. The molecule has 1 aromatic heterocycles. The van der Waals surface area contributed by atoms with Crippen LogP contribution in [0.25, 0.3) is 0 Å². The first-order chi connectivity index (χ1) is 14.3. The molecule has 0 spiro atoms. The molecule has 1 fully saturated rings. The molecule has 1 aliphatic rings. The predicted molar refractivity (Wildman–Crippen MR) is 100 cm³/mol. The smallest absolute Gasteiger partial charge is 0.422 e.